The molecule has 2 aromatic rings. The summed E-state index contributed by atoms with van der Waals surface area (Å²) < 4.78 is 11.5. The number of para-hydroxylation sites is 1. The van der Waals surface area contributed by atoms with Crippen molar-refractivity contribution >= 4 is 5.91 Å². The number of carbonyl (C=O) groups excluding carboxylic acids is 1. The fourth-order valence-electron chi connectivity index (χ4n) is 4.12. The maximum atomic E-state index is 13.1. The van der Waals surface area contributed by atoms with Gasteiger partial charge in [-0.1, -0.05) is 12.1 Å². The number of fused-ring (bicyclic) bond motifs is 2. The minimum Gasteiger partial charge on any atom is -0.496 e. The van der Waals surface area contributed by atoms with Crippen LogP contribution < -0.4 is 9.47 Å². The van der Waals surface area contributed by atoms with E-state index >= 15 is 0 Å². The standard InChI is InChI=1S/C20H22N2O3/c1-24-19-7-3-2-6-18(19)20(23)22-14-8-9-15(22)12-17(11-14)25-16-5-4-10-21-13-16/h2-7,10,13-15,17H,8-9,11-12H2,1H3. The number of piperidine rings is 1. The van der Waals surface area contributed by atoms with E-state index in [0.717, 1.165) is 31.4 Å². The van der Waals surface area contributed by atoms with Crippen molar-refractivity contribution in [3.05, 3.63) is 54.4 Å². The number of hydrogen-bond acceptors (Lipinski definition) is 4. The van der Waals surface area contributed by atoms with Crippen LogP contribution >= 0.6 is 0 Å². The number of pyridine rings is 1. The summed E-state index contributed by atoms with van der Waals surface area (Å²) >= 11 is 0. The zero-order valence-electron chi connectivity index (χ0n) is 14.3. The number of amides is 1. The minimum atomic E-state index is 0.0739. The summed E-state index contributed by atoms with van der Waals surface area (Å²) in [6.45, 7) is 0. The predicted molar refractivity (Wildman–Crippen MR) is 93.9 cm³/mol. The second-order valence-electron chi connectivity index (χ2n) is 6.70. The topological polar surface area (TPSA) is 51.7 Å². The summed E-state index contributed by atoms with van der Waals surface area (Å²) in [7, 11) is 1.61. The van der Waals surface area contributed by atoms with Crippen LogP contribution in [0.4, 0.5) is 0 Å². The molecular weight excluding hydrogens is 316 g/mol. The van der Waals surface area contributed by atoms with Crippen LogP contribution in [-0.4, -0.2) is 41.1 Å². The molecule has 1 aromatic carbocycles. The molecule has 4 rings (SSSR count). The van der Waals surface area contributed by atoms with E-state index < -0.39 is 0 Å². The molecule has 0 radical (unpaired) electrons. The summed E-state index contributed by atoms with van der Waals surface area (Å²) in [6.07, 6.45) is 7.44. The molecule has 0 saturated carbocycles. The van der Waals surface area contributed by atoms with Crippen LogP contribution in [0.15, 0.2) is 48.8 Å². The van der Waals surface area contributed by atoms with Crippen LogP contribution in [0.3, 0.4) is 0 Å². The Kier molecular flexibility index (Phi) is 4.30. The molecule has 5 nitrogen and oxygen atoms in total. The lowest BCUT2D eigenvalue weighted by atomic mass is 9.98. The van der Waals surface area contributed by atoms with Gasteiger partial charge < -0.3 is 14.4 Å². The van der Waals surface area contributed by atoms with Crippen molar-refractivity contribution in [1.82, 2.24) is 9.88 Å². The van der Waals surface area contributed by atoms with Crippen LogP contribution in [0.25, 0.3) is 0 Å². The van der Waals surface area contributed by atoms with Crippen molar-refractivity contribution < 1.29 is 14.3 Å². The van der Waals surface area contributed by atoms with Crippen molar-refractivity contribution in [2.45, 2.75) is 43.9 Å². The quantitative estimate of drug-likeness (QED) is 0.858. The van der Waals surface area contributed by atoms with E-state index in [1.54, 1.807) is 19.5 Å². The number of hydrogen-bond donors (Lipinski definition) is 0. The molecule has 0 aliphatic carbocycles. The molecule has 2 aliphatic rings. The van der Waals surface area contributed by atoms with Gasteiger partial charge in [0.2, 0.25) is 0 Å². The Morgan fingerprint density at radius 2 is 1.88 bits per heavy atom. The Hall–Kier alpha value is -2.56. The van der Waals surface area contributed by atoms with Gasteiger partial charge in [0.15, 0.2) is 0 Å². The number of ether oxygens (including phenoxy) is 2. The summed E-state index contributed by atoms with van der Waals surface area (Å²) in [5.74, 6) is 1.52. The molecule has 2 atom stereocenters. The highest BCUT2D eigenvalue weighted by atomic mass is 16.5. The summed E-state index contributed by atoms with van der Waals surface area (Å²) in [5.41, 5.74) is 0.647. The number of carbonyl (C=O) groups is 1. The highest BCUT2D eigenvalue weighted by Crippen LogP contribution is 2.39. The number of aromatic nitrogens is 1. The zero-order chi connectivity index (χ0) is 17.2. The lowest BCUT2D eigenvalue weighted by Crippen LogP contribution is -2.49. The lowest BCUT2D eigenvalue weighted by molar-refractivity contribution is 0.0355. The van der Waals surface area contributed by atoms with Gasteiger partial charge >= 0.3 is 0 Å². The van der Waals surface area contributed by atoms with Crippen LogP contribution in [0, 0.1) is 0 Å². The van der Waals surface area contributed by atoms with E-state index in [2.05, 4.69) is 9.88 Å². The van der Waals surface area contributed by atoms with Crippen LogP contribution in [-0.2, 0) is 0 Å². The summed E-state index contributed by atoms with van der Waals surface area (Å²) in [6, 6.07) is 11.7. The first kappa shape index (κ1) is 15.9. The van der Waals surface area contributed by atoms with Crippen LogP contribution in [0.5, 0.6) is 11.5 Å². The van der Waals surface area contributed by atoms with Gasteiger partial charge in [-0.15, -0.1) is 0 Å². The molecule has 130 valence electrons. The predicted octanol–water partition coefficient (Wildman–Crippen LogP) is 3.30. The van der Waals surface area contributed by atoms with Gasteiger partial charge in [-0.25, -0.2) is 0 Å². The Morgan fingerprint density at radius 3 is 2.56 bits per heavy atom. The first-order valence-corrected chi connectivity index (χ1v) is 8.78. The first-order chi connectivity index (χ1) is 12.3. The average molecular weight is 338 g/mol. The molecule has 5 heteroatoms. The largest absolute Gasteiger partial charge is 0.496 e. The Bertz CT molecular complexity index is 736. The molecule has 2 saturated heterocycles. The number of rotatable bonds is 4. The van der Waals surface area contributed by atoms with Crippen molar-refractivity contribution in [3.63, 3.8) is 0 Å². The molecule has 1 aromatic heterocycles. The van der Waals surface area contributed by atoms with Gasteiger partial charge in [-0.3, -0.25) is 9.78 Å². The molecule has 3 heterocycles. The van der Waals surface area contributed by atoms with E-state index in [9.17, 15) is 4.79 Å². The normalized spacial score (nSPS) is 24.8. The number of nitrogens with zero attached hydrogens (tertiary/aromatic N) is 2. The summed E-state index contributed by atoms with van der Waals surface area (Å²) in [4.78, 5) is 19.3. The fourth-order valence-corrected chi connectivity index (χ4v) is 4.12. The highest BCUT2D eigenvalue weighted by molar-refractivity contribution is 5.97. The highest BCUT2D eigenvalue weighted by Gasteiger charge is 2.44. The molecule has 2 aliphatic heterocycles. The third-order valence-electron chi connectivity index (χ3n) is 5.20. The second kappa shape index (κ2) is 6.75. The number of benzene rings is 1. The maximum absolute atomic E-state index is 13.1. The molecule has 0 N–H and O–H groups in total. The smallest absolute Gasteiger partial charge is 0.258 e. The zero-order valence-corrected chi connectivity index (χ0v) is 14.3. The van der Waals surface area contributed by atoms with E-state index in [4.69, 9.17) is 9.47 Å². The Morgan fingerprint density at radius 1 is 1.12 bits per heavy atom. The van der Waals surface area contributed by atoms with Gasteiger partial charge in [-0.2, -0.15) is 0 Å². The van der Waals surface area contributed by atoms with E-state index in [1.807, 2.05) is 36.4 Å². The van der Waals surface area contributed by atoms with Crippen LogP contribution in [0.2, 0.25) is 0 Å². The van der Waals surface area contributed by atoms with Crippen molar-refractivity contribution in [1.29, 1.82) is 0 Å². The monoisotopic (exact) mass is 338 g/mol. The third kappa shape index (κ3) is 3.06. The van der Waals surface area contributed by atoms with Crippen molar-refractivity contribution in [2.24, 2.45) is 0 Å². The molecule has 1 amide bonds. The molecule has 2 bridgehead atoms. The first-order valence-electron chi connectivity index (χ1n) is 8.78. The average Bonchev–Trinajstić information content (AvgIpc) is 2.92. The van der Waals surface area contributed by atoms with E-state index in [1.165, 1.54) is 0 Å². The summed E-state index contributed by atoms with van der Waals surface area (Å²) in [5, 5.41) is 0. The molecule has 2 unspecified atom stereocenters. The van der Waals surface area contributed by atoms with E-state index in [-0.39, 0.29) is 24.1 Å². The Labute approximate surface area is 147 Å². The van der Waals surface area contributed by atoms with Gasteiger partial charge in [-0.05, 0) is 37.1 Å². The minimum absolute atomic E-state index is 0.0739. The van der Waals surface area contributed by atoms with Gasteiger partial charge in [0.1, 0.15) is 17.6 Å². The van der Waals surface area contributed by atoms with Crippen molar-refractivity contribution in [2.75, 3.05) is 7.11 Å². The van der Waals surface area contributed by atoms with Gasteiger partial charge in [0, 0.05) is 31.1 Å². The molecule has 2 fully saturated rings. The lowest BCUT2D eigenvalue weighted by Gasteiger charge is -2.39. The van der Waals surface area contributed by atoms with Crippen molar-refractivity contribution in [3.8, 4) is 11.5 Å². The maximum Gasteiger partial charge on any atom is 0.258 e. The SMILES string of the molecule is COc1ccccc1C(=O)N1C2CCC1CC(Oc1cccnc1)C2. The molecule has 0 spiro atoms. The van der Waals surface area contributed by atoms with Crippen LogP contribution in [0.1, 0.15) is 36.0 Å². The third-order valence-corrected chi connectivity index (χ3v) is 5.20. The van der Waals surface area contributed by atoms with E-state index in [0.29, 0.717) is 11.3 Å². The second-order valence-corrected chi connectivity index (χ2v) is 6.70. The Balaban J connectivity index is 1.50. The van der Waals surface area contributed by atoms with Gasteiger partial charge in [0.05, 0.1) is 18.9 Å². The fraction of sp³-hybridized carbons (Fsp3) is 0.400. The molecule has 25 heavy (non-hydrogen) atoms. The molecular formula is C20H22N2O3. The van der Waals surface area contributed by atoms with Gasteiger partial charge in [0.25, 0.3) is 5.91 Å². The number of methoxy groups -OCH3 is 1.